The normalized spacial score (nSPS) is 22.8. The molecule has 0 saturated carbocycles. The molecule has 2 N–H and O–H groups in total. The highest BCUT2D eigenvalue weighted by Gasteiger charge is 2.31. The minimum atomic E-state index is -0.125. The number of carbonyl (C=O) groups excluding carboxylic acids is 1. The molecular formula is C7H10N4O2. The zero-order valence-corrected chi connectivity index (χ0v) is 7.23. The topological polar surface area (TPSA) is 85.3 Å². The van der Waals surface area contributed by atoms with Crippen molar-refractivity contribution in [1.29, 1.82) is 0 Å². The number of hydrogen-bond donors (Lipinski definition) is 1. The summed E-state index contributed by atoms with van der Waals surface area (Å²) in [5.74, 6) is 0.388. The van der Waals surface area contributed by atoms with Crippen molar-refractivity contribution < 1.29 is 9.21 Å². The first-order valence-electron chi connectivity index (χ1n) is 4.03. The van der Waals surface area contributed by atoms with Crippen LogP contribution in [-0.4, -0.2) is 28.7 Å². The van der Waals surface area contributed by atoms with Crippen LogP contribution in [-0.2, 0) is 4.79 Å². The molecule has 1 atom stereocenters. The SMILES string of the molecule is Cc1nnc(N2CC(N)CC2=O)o1. The first-order valence-corrected chi connectivity index (χ1v) is 4.03. The van der Waals surface area contributed by atoms with Crippen LogP contribution >= 0.6 is 0 Å². The van der Waals surface area contributed by atoms with Crippen LogP contribution in [0, 0.1) is 6.92 Å². The Balaban J connectivity index is 2.22. The van der Waals surface area contributed by atoms with Gasteiger partial charge in [-0.1, -0.05) is 5.10 Å². The van der Waals surface area contributed by atoms with Gasteiger partial charge in [0.1, 0.15) is 0 Å². The lowest BCUT2D eigenvalue weighted by Gasteiger charge is -2.08. The number of aromatic nitrogens is 2. The summed E-state index contributed by atoms with van der Waals surface area (Å²) in [6, 6.07) is 0.121. The average Bonchev–Trinajstić information content (AvgIpc) is 2.58. The van der Waals surface area contributed by atoms with Gasteiger partial charge in [0, 0.05) is 25.9 Å². The molecule has 1 aliphatic heterocycles. The van der Waals surface area contributed by atoms with Crippen molar-refractivity contribution in [3.8, 4) is 0 Å². The molecule has 0 aromatic carbocycles. The molecule has 0 radical (unpaired) electrons. The Labute approximate surface area is 74.7 Å². The van der Waals surface area contributed by atoms with Crippen molar-refractivity contribution in [2.75, 3.05) is 11.4 Å². The lowest BCUT2D eigenvalue weighted by atomic mass is 10.3. The van der Waals surface area contributed by atoms with Gasteiger partial charge in [-0.2, -0.15) is 0 Å². The Bertz CT molecular complexity index is 335. The lowest BCUT2D eigenvalue weighted by molar-refractivity contribution is -0.117. The van der Waals surface area contributed by atoms with Gasteiger partial charge in [0.25, 0.3) is 0 Å². The lowest BCUT2D eigenvalue weighted by Crippen LogP contribution is -2.28. The molecule has 0 aliphatic carbocycles. The molecule has 1 aromatic rings. The summed E-state index contributed by atoms with van der Waals surface area (Å²) in [5, 5.41) is 7.38. The third kappa shape index (κ3) is 1.40. The fraction of sp³-hybridized carbons (Fsp3) is 0.571. The molecule has 6 nitrogen and oxygen atoms in total. The number of anilines is 1. The van der Waals surface area contributed by atoms with Crippen LogP contribution in [0.4, 0.5) is 6.01 Å². The monoisotopic (exact) mass is 182 g/mol. The quantitative estimate of drug-likeness (QED) is 0.629. The zero-order chi connectivity index (χ0) is 9.42. The third-order valence-corrected chi connectivity index (χ3v) is 1.90. The molecule has 2 heterocycles. The van der Waals surface area contributed by atoms with E-state index in [0.717, 1.165) is 0 Å². The van der Waals surface area contributed by atoms with Crippen LogP contribution in [0.15, 0.2) is 4.42 Å². The summed E-state index contributed by atoms with van der Waals surface area (Å²) in [7, 11) is 0. The highest BCUT2D eigenvalue weighted by atomic mass is 16.4. The molecular weight excluding hydrogens is 172 g/mol. The zero-order valence-electron chi connectivity index (χ0n) is 7.23. The van der Waals surface area contributed by atoms with Crippen LogP contribution in [0.3, 0.4) is 0 Å². The summed E-state index contributed by atoms with van der Waals surface area (Å²) in [4.78, 5) is 12.7. The van der Waals surface area contributed by atoms with Gasteiger partial charge in [-0.3, -0.25) is 9.69 Å². The van der Waals surface area contributed by atoms with Gasteiger partial charge >= 0.3 is 6.01 Å². The van der Waals surface area contributed by atoms with E-state index in [0.29, 0.717) is 18.9 Å². The molecule has 70 valence electrons. The molecule has 1 amide bonds. The van der Waals surface area contributed by atoms with Crippen LogP contribution in [0.2, 0.25) is 0 Å². The van der Waals surface area contributed by atoms with Crippen LogP contribution in [0.25, 0.3) is 0 Å². The van der Waals surface area contributed by atoms with Gasteiger partial charge in [-0.25, -0.2) is 0 Å². The summed E-state index contributed by atoms with van der Waals surface area (Å²) in [6.45, 7) is 2.14. The number of rotatable bonds is 1. The number of aryl methyl sites for hydroxylation is 1. The van der Waals surface area contributed by atoms with E-state index in [4.69, 9.17) is 10.2 Å². The van der Waals surface area contributed by atoms with Crippen molar-refractivity contribution in [2.24, 2.45) is 5.73 Å². The number of carbonyl (C=O) groups is 1. The van der Waals surface area contributed by atoms with Crippen LogP contribution in [0.1, 0.15) is 12.3 Å². The third-order valence-electron chi connectivity index (χ3n) is 1.90. The van der Waals surface area contributed by atoms with E-state index < -0.39 is 0 Å². The molecule has 0 spiro atoms. The Hall–Kier alpha value is -1.43. The second-order valence-electron chi connectivity index (χ2n) is 3.07. The summed E-state index contributed by atoms with van der Waals surface area (Å²) < 4.78 is 5.11. The first-order chi connectivity index (χ1) is 6.16. The van der Waals surface area contributed by atoms with Gasteiger partial charge in [-0.05, 0) is 0 Å². The predicted octanol–water partition coefficient (Wildman–Crippen LogP) is -0.558. The molecule has 1 unspecified atom stereocenters. The van der Waals surface area contributed by atoms with Gasteiger partial charge in [-0.15, -0.1) is 5.10 Å². The maximum Gasteiger partial charge on any atom is 0.325 e. The molecule has 6 heteroatoms. The second kappa shape index (κ2) is 2.81. The van der Waals surface area contributed by atoms with Crippen molar-refractivity contribution >= 4 is 11.9 Å². The van der Waals surface area contributed by atoms with Crippen LogP contribution in [0.5, 0.6) is 0 Å². The number of amides is 1. The first kappa shape index (κ1) is 8.18. The number of nitrogens with zero attached hydrogens (tertiary/aromatic N) is 3. The maximum absolute atomic E-state index is 11.3. The summed E-state index contributed by atoms with van der Waals surface area (Å²) in [5.41, 5.74) is 5.61. The van der Waals surface area contributed by atoms with Crippen molar-refractivity contribution in [1.82, 2.24) is 10.2 Å². The molecule has 1 saturated heterocycles. The van der Waals surface area contributed by atoms with E-state index in [1.165, 1.54) is 4.90 Å². The second-order valence-corrected chi connectivity index (χ2v) is 3.07. The van der Waals surface area contributed by atoms with Gasteiger partial charge in [0.15, 0.2) is 0 Å². The van der Waals surface area contributed by atoms with Gasteiger partial charge in [0.05, 0.1) is 0 Å². The maximum atomic E-state index is 11.3. The van der Waals surface area contributed by atoms with E-state index >= 15 is 0 Å². The minimum absolute atomic E-state index is 0.0591. The van der Waals surface area contributed by atoms with Crippen molar-refractivity contribution in [2.45, 2.75) is 19.4 Å². The molecule has 1 aromatic heterocycles. The van der Waals surface area contributed by atoms with E-state index in [2.05, 4.69) is 10.2 Å². The Morgan fingerprint density at radius 2 is 2.38 bits per heavy atom. The standard InChI is InChI=1S/C7H10N4O2/c1-4-9-10-7(13-4)11-3-5(8)2-6(11)12/h5H,2-3,8H2,1H3. The largest absolute Gasteiger partial charge is 0.408 e. The van der Waals surface area contributed by atoms with E-state index in [1.54, 1.807) is 6.92 Å². The molecule has 1 aliphatic rings. The van der Waals surface area contributed by atoms with Crippen molar-refractivity contribution in [3.63, 3.8) is 0 Å². The predicted molar refractivity (Wildman–Crippen MR) is 44.0 cm³/mol. The summed E-state index contributed by atoms with van der Waals surface area (Å²) in [6.07, 6.45) is 0.349. The fourth-order valence-corrected chi connectivity index (χ4v) is 1.32. The Morgan fingerprint density at radius 3 is 2.85 bits per heavy atom. The van der Waals surface area contributed by atoms with Gasteiger partial charge in [0.2, 0.25) is 11.8 Å². The van der Waals surface area contributed by atoms with E-state index in [1.807, 2.05) is 0 Å². The van der Waals surface area contributed by atoms with Crippen molar-refractivity contribution in [3.05, 3.63) is 5.89 Å². The average molecular weight is 182 g/mol. The number of hydrogen-bond acceptors (Lipinski definition) is 5. The van der Waals surface area contributed by atoms with E-state index in [-0.39, 0.29) is 18.0 Å². The summed E-state index contributed by atoms with van der Waals surface area (Å²) >= 11 is 0. The molecule has 2 rings (SSSR count). The Morgan fingerprint density at radius 1 is 1.62 bits per heavy atom. The minimum Gasteiger partial charge on any atom is -0.408 e. The molecule has 13 heavy (non-hydrogen) atoms. The molecule has 1 fully saturated rings. The van der Waals surface area contributed by atoms with Gasteiger partial charge < -0.3 is 10.2 Å². The number of nitrogens with two attached hydrogens (primary N) is 1. The Kier molecular flexibility index (Phi) is 1.77. The molecule has 0 bridgehead atoms. The smallest absolute Gasteiger partial charge is 0.325 e. The van der Waals surface area contributed by atoms with E-state index in [9.17, 15) is 4.79 Å². The highest BCUT2D eigenvalue weighted by molar-refractivity contribution is 5.94. The fourth-order valence-electron chi connectivity index (χ4n) is 1.32. The highest BCUT2D eigenvalue weighted by Crippen LogP contribution is 2.18. The van der Waals surface area contributed by atoms with Crippen LogP contribution < -0.4 is 10.6 Å².